The molecule has 2 unspecified atom stereocenters. The lowest BCUT2D eigenvalue weighted by atomic mass is 9.82. The monoisotopic (exact) mass is 227 g/mol. The molecule has 2 atom stereocenters. The van der Waals surface area contributed by atoms with E-state index in [1.807, 2.05) is 0 Å². The second-order valence-electron chi connectivity index (χ2n) is 4.83. The fourth-order valence-electron chi connectivity index (χ4n) is 2.97. The summed E-state index contributed by atoms with van der Waals surface area (Å²) < 4.78 is 4.83. The largest absolute Gasteiger partial charge is 0.469 e. The van der Waals surface area contributed by atoms with Crippen LogP contribution in [0.3, 0.4) is 0 Å². The van der Waals surface area contributed by atoms with E-state index in [1.165, 1.54) is 20.0 Å². The SMILES string of the molecule is CCCNC1(CC(=O)OC)CCCC1CC. The summed E-state index contributed by atoms with van der Waals surface area (Å²) in [5.41, 5.74) is 0.0118. The van der Waals surface area contributed by atoms with Gasteiger partial charge < -0.3 is 10.1 Å². The quantitative estimate of drug-likeness (QED) is 0.709. The maximum atomic E-state index is 11.5. The van der Waals surface area contributed by atoms with E-state index in [0.717, 1.165) is 25.8 Å². The molecule has 1 saturated carbocycles. The van der Waals surface area contributed by atoms with Crippen molar-refractivity contribution in [3.63, 3.8) is 0 Å². The molecule has 1 N–H and O–H groups in total. The Morgan fingerprint density at radius 3 is 2.81 bits per heavy atom. The van der Waals surface area contributed by atoms with Crippen molar-refractivity contribution in [1.82, 2.24) is 5.32 Å². The second kappa shape index (κ2) is 6.24. The third-order valence-corrected chi connectivity index (χ3v) is 3.86. The molecule has 3 heteroatoms. The molecule has 0 radical (unpaired) electrons. The van der Waals surface area contributed by atoms with E-state index in [0.29, 0.717) is 12.3 Å². The number of methoxy groups -OCH3 is 1. The lowest BCUT2D eigenvalue weighted by Crippen LogP contribution is -2.50. The molecule has 0 aliphatic heterocycles. The average molecular weight is 227 g/mol. The highest BCUT2D eigenvalue weighted by Gasteiger charge is 2.42. The average Bonchev–Trinajstić information content (AvgIpc) is 2.69. The summed E-state index contributed by atoms with van der Waals surface area (Å²) in [4.78, 5) is 11.5. The summed E-state index contributed by atoms with van der Waals surface area (Å²) in [6.07, 6.45) is 6.37. The molecule has 3 nitrogen and oxygen atoms in total. The zero-order chi connectivity index (χ0) is 12.0. The van der Waals surface area contributed by atoms with Crippen LogP contribution in [0.5, 0.6) is 0 Å². The van der Waals surface area contributed by atoms with Crippen LogP contribution in [0, 0.1) is 5.92 Å². The molecular formula is C13H25NO2. The van der Waals surface area contributed by atoms with Crippen LogP contribution in [0.4, 0.5) is 0 Å². The van der Waals surface area contributed by atoms with Gasteiger partial charge in [0.25, 0.3) is 0 Å². The third kappa shape index (κ3) is 2.97. The zero-order valence-corrected chi connectivity index (χ0v) is 10.8. The minimum Gasteiger partial charge on any atom is -0.469 e. The number of esters is 1. The van der Waals surface area contributed by atoms with Gasteiger partial charge in [-0.1, -0.05) is 26.7 Å². The summed E-state index contributed by atoms with van der Waals surface area (Å²) in [6, 6.07) is 0. The van der Waals surface area contributed by atoms with Crippen molar-refractivity contribution in [2.24, 2.45) is 5.92 Å². The summed E-state index contributed by atoms with van der Waals surface area (Å²) in [5.74, 6) is 0.544. The molecule has 0 aromatic heterocycles. The van der Waals surface area contributed by atoms with Crippen LogP contribution in [0.1, 0.15) is 52.4 Å². The molecule has 16 heavy (non-hydrogen) atoms. The molecule has 1 fully saturated rings. The van der Waals surface area contributed by atoms with Crippen molar-refractivity contribution >= 4 is 5.97 Å². The normalized spacial score (nSPS) is 29.3. The number of carbonyl (C=O) groups excluding carboxylic acids is 1. The Morgan fingerprint density at radius 2 is 2.25 bits per heavy atom. The first-order valence-corrected chi connectivity index (χ1v) is 6.50. The van der Waals surface area contributed by atoms with Crippen molar-refractivity contribution < 1.29 is 9.53 Å². The molecule has 1 aliphatic rings. The van der Waals surface area contributed by atoms with Crippen LogP contribution >= 0.6 is 0 Å². The smallest absolute Gasteiger partial charge is 0.307 e. The van der Waals surface area contributed by atoms with Crippen LogP contribution in [-0.4, -0.2) is 25.2 Å². The van der Waals surface area contributed by atoms with Gasteiger partial charge in [0.15, 0.2) is 0 Å². The molecule has 0 heterocycles. The zero-order valence-electron chi connectivity index (χ0n) is 10.8. The van der Waals surface area contributed by atoms with Crippen LogP contribution in [0.25, 0.3) is 0 Å². The second-order valence-corrected chi connectivity index (χ2v) is 4.83. The summed E-state index contributed by atoms with van der Waals surface area (Å²) >= 11 is 0. The predicted molar refractivity (Wildman–Crippen MR) is 65.3 cm³/mol. The Labute approximate surface area is 98.9 Å². The molecule has 0 aromatic rings. The van der Waals surface area contributed by atoms with Gasteiger partial charge in [0.05, 0.1) is 13.5 Å². The number of nitrogens with one attached hydrogen (secondary N) is 1. The minimum atomic E-state index is -0.0797. The van der Waals surface area contributed by atoms with E-state index in [1.54, 1.807) is 0 Å². The number of hydrogen-bond acceptors (Lipinski definition) is 3. The first-order valence-electron chi connectivity index (χ1n) is 6.50. The maximum absolute atomic E-state index is 11.5. The Hall–Kier alpha value is -0.570. The number of carbonyl (C=O) groups is 1. The third-order valence-electron chi connectivity index (χ3n) is 3.86. The number of ether oxygens (including phenoxy) is 1. The van der Waals surface area contributed by atoms with Gasteiger partial charge in [0, 0.05) is 5.54 Å². The van der Waals surface area contributed by atoms with Crippen molar-refractivity contribution in [1.29, 1.82) is 0 Å². The van der Waals surface area contributed by atoms with E-state index in [-0.39, 0.29) is 11.5 Å². The summed E-state index contributed by atoms with van der Waals surface area (Å²) in [6.45, 7) is 5.37. The summed E-state index contributed by atoms with van der Waals surface area (Å²) in [5, 5.41) is 3.61. The first kappa shape index (κ1) is 13.5. The van der Waals surface area contributed by atoms with Gasteiger partial charge in [-0.2, -0.15) is 0 Å². The maximum Gasteiger partial charge on any atom is 0.307 e. The predicted octanol–water partition coefficient (Wildman–Crippen LogP) is 2.50. The van der Waals surface area contributed by atoms with Gasteiger partial charge >= 0.3 is 5.97 Å². The van der Waals surface area contributed by atoms with E-state index >= 15 is 0 Å². The highest BCUT2D eigenvalue weighted by molar-refractivity contribution is 5.71. The van der Waals surface area contributed by atoms with Gasteiger partial charge in [0.1, 0.15) is 0 Å². The van der Waals surface area contributed by atoms with Crippen molar-refractivity contribution in [2.75, 3.05) is 13.7 Å². The summed E-state index contributed by atoms with van der Waals surface area (Å²) in [7, 11) is 1.48. The van der Waals surface area contributed by atoms with Crippen LogP contribution in [0.15, 0.2) is 0 Å². The molecule has 0 aromatic carbocycles. The first-order chi connectivity index (χ1) is 7.68. The standard InChI is InChI=1S/C13H25NO2/c1-4-9-14-13(10-12(15)16-3)8-6-7-11(13)5-2/h11,14H,4-10H2,1-3H3. The topological polar surface area (TPSA) is 38.3 Å². The number of rotatable bonds is 6. The minimum absolute atomic E-state index is 0.0118. The van der Waals surface area contributed by atoms with Crippen molar-refractivity contribution in [3.05, 3.63) is 0 Å². The van der Waals surface area contributed by atoms with Gasteiger partial charge in [-0.3, -0.25) is 4.79 Å². The molecule has 0 saturated heterocycles. The van der Waals surface area contributed by atoms with Crippen LogP contribution in [0.2, 0.25) is 0 Å². The van der Waals surface area contributed by atoms with Gasteiger partial charge in [-0.25, -0.2) is 0 Å². The van der Waals surface area contributed by atoms with Crippen molar-refractivity contribution in [2.45, 2.75) is 57.9 Å². The highest BCUT2D eigenvalue weighted by atomic mass is 16.5. The van der Waals surface area contributed by atoms with E-state index < -0.39 is 0 Å². The van der Waals surface area contributed by atoms with Gasteiger partial charge in [0.2, 0.25) is 0 Å². The van der Waals surface area contributed by atoms with Crippen LogP contribution in [-0.2, 0) is 9.53 Å². The highest BCUT2D eigenvalue weighted by Crippen LogP contribution is 2.40. The number of hydrogen-bond donors (Lipinski definition) is 1. The Bertz CT molecular complexity index is 230. The Kier molecular flexibility index (Phi) is 5.26. The van der Waals surface area contributed by atoms with Gasteiger partial charge in [-0.05, 0) is 31.7 Å². The lowest BCUT2D eigenvalue weighted by Gasteiger charge is -2.35. The lowest BCUT2D eigenvalue weighted by molar-refractivity contribution is -0.142. The molecule has 1 aliphatic carbocycles. The molecule has 0 amide bonds. The van der Waals surface area contributed by atoms with E-state index in [2.05, 4.69) is 19.2 Å². The Morgan fingerprint density at radius 1 is 1.50 bits per heavy atom. The fourth-order valence-corrected chi connectivity index (χ4v) is 2.97. The Balaban J connectivity index is 2.70. The molecular weight excluding hydrogens is 202 g/mol. The fraction of sp³-hybridized carbons (Fsp3) is 0.923. The molecule has 0 bridgehead atoms. The van der Waals surface area contributed by atoms with Crippen molar-refractivity contribution in [3.8, 4) is 0 Å². The van der Waals surface area contributed by atoms with E-state index in [9.17, 15) is 4.79 Å². The molecule has 1 rings (SSSR count). The molecule has 0 spiro atoms. The van der Waals surface area contributed by atoms with Crippen LogP contribution < -0.4 is 5.32 Å². The van der Waals surface area contributed by atoms with Gasteiger partial charge in [-0.15, -0.1) is 0 Å². The molecule has 94 valence electrons. The van der Waals surface area contributed by atoms with E-state index in [4.69, 9.17) is 4.74 Å².